The molecule has 1 N–H and O–H groups in total. The molecular weight excluding hydrogens is 230 g/mol. The van der Waals surface area contributed by atoms with Crippen molar-refractivity contribution < 1.29 is 19.4 Å². The Hall–Kier alpha value is -0.750. The lowest BCUT2D eigenvalue weighted by Crippen LogP contribution is -2.47. The van der Waals surface area contributed by atoms with Crippen LogP contribution in [0.4, 0.5) is 0 Å². The van der Waals surface area contributed by atoms with Crippen LogP contribution in [0.2, 0.25) is 0 Å². The molecule has 0 radical (unpaired) electrons. The fourth-order valence-electron chi connectivity index (χ4n) is 2.04. The number of carbonyl (C=O) groups is 2. The van der Waals surface area contributed by atoms with Crippen LogP contribution in [0.15, 0.2) is 0 Å². The first-order chi connectivity index (χ1) is 7.61. The summed E-state index contributed by atoms with van der Waals surface area (Å²) < 4.78 is 5.37. The van der Waals surface area contributed by atoms with E-state index in [4.69, 9.17) is 9.84 Å². The first-order valence-corrected chi connectivity index (χ1v) is 6.49. The zero-order valence-electron chi connectivity index (χ0n) is 9.09. The van der Waals surface area contributed by atoms with Gasteiger partial charge in [0.15, 0.2) is 0 Å². The van der Waals surface area contributed by atoms with Crippen LogP contribution in [-0.4, -0.2) is 52.3 Å². The highest BCUT2D eigenvalue weighted by Gasteiger charge is 2.41. The predicted molar refractivity (Wildman–Crippen MR) is 59.1 cm³/mol. The molecule has 2 rings (SSSR count). The van der Waals surface area contributed by atoms with Crippen LogP contribution in [0, 0.1) is 5.92 Å². The molecule has 2 unspecified atom stereocenters. The number of aliphatic carboxylic acids is 1. The maximum Gasteiger partial charge on any atom is 0.327 e. The maximum absolute atomic E-state index is 12.1. The van der Waals surface area contributed by atoms with Crippen molar-refractivity contribution in [2.24, 2.45) is 5.92 Å². The van der Waals surface area contributed by atoms with Crippen molar-refractivity contribution in [3.8, 4) is 0 Å². The van der Waals surface area contributed by atoms with Crippen LogP contribution in [-0.2, 0) is 14.3 Å². The fourth-order valence-corrected chi connectivity index (χ4v) is 3.19. The highest BCUT2D eigenvalue weighted by atomic mass is 32.2. The van der Waals surface area contributed by atoms with Crippen molar-refractivity contribution in [3.05, 3.63) is 0 Å². The molecular formula is C10H15NO4S. The molecule has 1 amide bonds. The monoisotopic (exact) mass is 245 g/mol. The van der Waals surface area contributed by atoms with Crippen LogP contribution in [0.1, 0.15) is 13.3 Å². The quantitative estimate of drug-likeness (QED) is 0.762. The van der Waals surface area contributed by atoms with Crippen molar-refractivity contribution in [3.63, 3.8) is 0 Å². The first-order valence-electron chi connectivity index (χ1n) is 5.34. The predicted octanol–water partition coefficient (Wildman–Crippen LogP) is 0.397. The van der Waals surface area contributed by atoms with Crippen molar-refractivity contribution in [2.45, 2.75) is 25.5 Å². The summed E-state index contributed by atoms with van der Waals surface area (Å²) in [7, 11) is 0. The number of carbonyl (C=O) groups excluding carboxylic acids is 1. The normalized spacial score (nSPS) is 34.3. The Morgan fingerprint density at radius 3 is 2.81 bits per heavy atom. The maximum atomic E-state index is 12.1. The second-order valence-corrected chi connectivity index (χ2v) is 5.22. The smallest absolute Gasteiger partial charge is 0.327 e. The van der Waals surface area contributed by atoms with E-state index in [0.717, 1.165) is 6.42 Å². The molecule has 0 aromatic heterocycles. The number of hydrogen-bond acceptors (Lipinski definition) is 4. The van der Waals surface area contributed by atoms with Gasteiger partial charge in [-0.25, -0.2) is 4.79 Å². The number of hydrogen-bond donors (Lipinski definition) is 1. The average molecular weight is 245 g/mol. The van der Waals surface area contributed by atoms with Crippen LogP contribution in [0.3, 0.4) is 0 Å². The van der Waals surface area contributed by atoms with Gasteiger partial charge in [0.1, 0.15) is 12.1 Å². The molecule has 5 nitrogen and oxygen atoms in total. The summed E-state index contributed by atoms with van der Waals surface area (Å²) in [5.41, 5.74) is 0. The Labute approximate surface area is 98.1 Å². The number of rotatable bonds is 2. The standard InChI is InChI=1S/C10H15NO4S/c1-6-2-3-15-8(6)9(12)11-5-16-4-7(11)10(13)14/h6-8H,2-5H2,1H3,(H,13,14)/t6?,7-,8?/m0/s1. The van der Waals surface area contributed by atoms with Gasteiger partial charge in [-0.05, 0) is 12.3 Å². The van der Waals surface area contributed by atoms with Gasteiger partial charge in [0.2, 0.25) is 0 Å². The van der Waals surface area contributed by atoms with Gasteiger partial charge in [-0.1, -0.05) is 6.92 Å². The molecule has 0 saturated carbocycles. The van der Waals surface area contributed by atoms with E-state index in [1.165, 1.54) is 16.7 Å². The van der Waals surface area contributed by atoms with Gasteiger partial charge in [-0.2, -0.15) is 0 Å². The summed E-state index contributed by atoms with van der Waals surface area (Å²) in [4.78, 5) is 24.5. The van der Waals surface area contributed by atoms with Crippen LogP contribution in [0.25, 0.3) is 0 Å². The fraction of sp³-hybridized carbons (Fsp3) is 0.800. The number of ether oxygens (including phenoxy) is 1. The Bertz CT molecular complexity index is 309. The lowest BCUT2D eigenvalue weighted by molar-refractivity contribution is -0.152. The minimum atomic E-state index is -0.927. The zero-order chi connectivity index (χ0) is 11.7. The van der Waals surface area contributed by atoms with Gasteiger partial charge in [-0.3, -0.25) is 4.79 Å². The van der Waals surface area contributed by atoms with E-state index >= 15 is 0 Å². The summed E-state index contributed by atoms with van der Waals surface area (Å²) in [6.45, 7) is 2.56. The lowest BCUT2D eigenvalue weighted by atomic mass is 10.0. The van der Waals surface area contributed by atoms with E-state index in [1.54, 1.807) is 0 Å². The van der Waals surface area contributed by atoms with E-state index in [-0.39, 0.29) is 11.8 Å². The van der Waals surface area contributed by atoms with Gasteiger partial charge in [-0.15, -0.1) is 11.8 Å². The van der Waals surface area contributed by atoms with Gasteiger partial charge in [0.05, 0.1) is 5.88 Å². The Balaban J connectivity index is 2.06. The van der Waals surface area contributed by atoms with Crippen molar-refractivity contribution in [1.29, 1.82) is 0 Å². The summed E-state index contributed by atoms with van der Waals surface area (Å²) in [6, 6.07) is -0.686. The molecule has 3 atom stereocenters. The molecule has 2 fully saturated rings. The zero-order valence-corrected chi connectivity index (χ0v) is 9.90. The van der Waals surface area contributed by atoms with Crippen LogP contribution >= 0.6 is 11.8 Å². The van der Waals surface area contributed by atoms with Gasteiger partial charge >= 0.3 is 5.97 Å². The molecule has 16 heavy (non-hydrogen) atoms. The van der Waals surface area contributed by atoms with E-state index in [0.29, 0.717) is 18.2 Å². The average Bonchev–Trinajstić information content (AvgIpc) is 2.84. The van der Waals surface area contributed by atoms with Crippen molar-refractivity contribution in [1.82, 2.24) is 4.90 Å². The molecule has 0 spiro atoms. The molecule has 2 saturated heterocycles. The van der Waals surface area contributed by atoms with E-state index in [9.17, 15) is 9.59 Å². The lowest BCUT2D eigenvalue weighted by Gasteiger charge is -2.25. The van der Waals surface area contributed by atoms with Crippen molar-refractivity contribution >= 4 is 23.6 Å². The molecule has 2 aliphatic rings. The number of nitrogens with zero attached hydrogens (tertiary/aromatic N) is 1. The molecule has 2 heterocycles. The Morgan fingerprint density at radius 1 is 1.50 bits per heavy atom. The number of carboxylic acids is 1. The van der Waals surface area contributed by atoms with Gasteiger partial charge < -0.3 is 14.7 Å². The molecule has 2 aliphatic heterocycles. The third-order valence-electron chi connectivity index (χ3n) is 3.08. The second-order valence-electron chi connectivity index (χ2n) is 4.22. The molecule has 0 aromatic rings. The largest absolute Gasteiger partial charge is 0.480 e. The molecule has 0 bridgehead atoms. The summed E-state index contributed by atoms with van der Waals surface area (Å²) >= 11 is 1.48. The summed E-state index contributed by atoms with van der Waals surface area (Å²) in [5.74, 6) is 0.0313. The third-order valence-corrected chi connectivity index (χ3v) is 4.09. The molecule has 0 aliphatic carbocycles. The van der Waals surface area contributed by atoms with E-state index in [1.807, 2.05) is 6.92 Å². The highest BCUT2D eigenvalue weighted by Crippen LogP contribution is 2.27. The second kappa shape index (κ2) is 4.63. The van der Waals surface area contributed by atoms with Crippen LogP contribution in [0.5, 0.6) is 0 Å². The summed E-state index contributed by atoms with van der Waals surface area (Å²) in [6.07, 6.45) is 0.426. The third kappa shape index (κ3) is 2.04. The number of amides is 1. The molecule has 90 valence electrons. The number of thioether (sulfide) groups is 1. The van der Waals surface area contributed by atoms with Gasteiger partial charge in [0.25, 0.3) is 5.91 Å². The molecule has 6 heteroatoms. The SMILES string of the molecule is CC1CCOC1C(=O)N1CSC[C@H]1C(=O)O. The number of carboxylic acid groups (broad SMARTS) is 1. The summed E-state index contributed by atoms with van der Waals surface area (Å²) in [5, 5.41) is 8.99. The minimum Gasteiger partial charge on any atom is -0.480 e. The Kier molecular flexibility index (Phi) is 3.39. The van der Waals surface area contributed by atoms with Crippen LogP contribution < -0.4 is 0 Å². The van der Waals surface area contributed by atoms with Crippen molar-refractivity contribution in [2.75, 3.05) is 18.2 Å². The van der Waals surface area contributed by atoms with E-state index in [2.05, 4.69) is 0 Å². The van der Waals surface area contributed by atoms with E-state index < -0.39 is 18.1 Å². The topological polar surface area (TPSA) is 66.8 Å². The Morgan fingerprint density at radius 2 is 2.25 bits per heavy atom. The molecule has 0 aromatic carbocycles. The highest BCUT2D eigenvalue weighted by molar-refractivity contribution is 7.99. The first kappa shape index (κ1) is 11.7. The minimum absolute atomic E-state index is 0.164. The van der Waals surface area contributed by atoms with Gasteiger partial charge in [0, 0.05) is 12.4 Å².